The average molecular weight is 428 g/mol. The Bertz CT molecular complexity index is 1260. The molecule has 5 nitrogen and oxygen atoms in total. The molecule has 1 aliphatic rings. The minimum absolute atomic E-state index is 0.0523. The Morgan fingerprint density at radius 1 is 0.903 bits per heavy atom. The second-order valence-corrected chi connectivity index (χ2v) is 8.69. The molecule has 1 heterocycles. The van der Waals surface area contributed by atoms with E-state index >= 15 is 0 Å². The zero-order valence-electron chi connectivity index (χ0n) is 16.8. The Morgan fingerprint density at radius 3 is 2.55 bits per heavy atom. The topological polar surface area (TPSA) is 71.1 Å². The normalized spacial score (nSPS) is 15.3. The molecule has 0 fully saturated rings. The summed E-state index contributed by atoms with van der Waals surface area (Å²) in [5.41, 5.74) is 2.18. The van der Waals surface area contributed by atoms with Gasteiger partial charge >= 0.3 is 0 Å². The quantitative estimate of drug-likeness (QED) is 0.445. The van der Waals surface area contributed by atoms with E-state index in [0.29, 0.717) is 10.7 Å². The van der Waals surface area contributed by atoms with E-state index in [1.807, 2.05) is 60.7 Å². The Labute approximate surface area is 184 Å². The van der Waals surface area contributed by atoms with Gasteiger partial charge in [0.25, 0.3) is 5.91 Å². The number of rotatable bonds is 4. The Balaban J connectivity index is 1.37. The summed E-state index contributed by atoms with van der Waals surface area (Å²) in [5, 5.41) is 8.64. The van der Waals surface area contributed by atoms with Gasteiger partial charge in [-0.2, -0.15) is 0 Å². The van der Waals surface area contributed by atoms with Crippen molar-refractivity contribution in [1.82, 2.24) is 4.98 Å². The largest absolute Gasteiger partial charge is 0.325 e. The van der Waals surface area contributed by atoms with E-state index in [0.717, 1.165) is 46.3 Å². The van der Waals surface area contributed by atoms with Gasteiger partial charge in [-0.1, -0.05) is 54.6 Å². The maximum Gasteiger partial charge on any atom is 0.257 e. The van der Waals surface area contributed by atoms with Crippen LogP contribution in [-0.4, -0.2) is 16.8 Å². The number of amides is 2. The van der Waals surface area contributed by atoms with Crippen LogP contribution in [0.15, 0.2) is 72.8 Å². The van der Waals surface area contributed by atoms with Crippen molar-refractivity contribution in [3.05, 3.63) is 88.9 Å². The summed E-state index contributed by atoms with van der Waals surface area (Å²) in [7, 11) is 0. The van der Waals surface area contributed by atoms with E-state index in [9.17, 15) is 9.59 Å². The minimum Gasteiger partial charge on any atom is -0.325 e. The number of aryl methyl sites for hydroxylation is 1. The predicted octanol–water partition coefficient (Wildman–Crippen LogP) is 5.61. The van der Waals surface area contributed by atoms with Gasteiger partial charge in [0.15, 0.2) is 5.13 Å². The molecule has 6 heteroatoms. The van der Waals surface area contributed by atoms with E-state index in [-0.39, 0.29) is 17.7 Å². The molecule has 154 valence electrons. The van der Waals surface area contributed by atoms with Gasteiger partial charge in [0, 0.05) is 21.5 Å². The molecule has 2 amide bonds. The maximum atomic E-state index is 13.2. The third-order valence-electron chi connectivity index (χ3n) is 5.57. The molecular weight excluding hydrogens is 406 g/mol. The number of hydrogen-bond acceptors (Lipinski definition) is 4. The van der Waals surface area contributed by atoms with Crippen LogP contribution in [0.3, 0.4) is 0 Å². The van der Waals surface area contributed by atoms with Crippen molar-refractivity contribution in [3.8, 4) is 0 Å². The van der Waals surface area contributed by atoms with Crippen LogP contribution in [0.5, 0.6) is 0 Å². The van der Waals surface area contributed by atoms with Crippen LogP contribution in [0.4, 0.5) is 10.8 Å². The monoisotopic (exact) mass is 427 g/mol. The molecule has 0 radical (unpaired) electrons. The highest BCUT2D eigenvalue weighted by Crippen LogP contribution is 2.38. The van der Waals surface area contributed by atoms with Crippen molar-refractivity contribution >= 4 is 44.7 Å². The number of carbonyl (C=O) groups excluding carboxylic acids is 2. The minimum atomic E-state index is -0.318. The van der Waals surface area contributed by atoms with Crippen LogP contribution in [0.2, 0.25) is 0 Å². The third kappa shape index (κ3) is 3.94. The molecule has 3 aromatic carbocycles. The SMILES string of the molecule is O=C(Nc1nc2c(s1)CCCC2C(=O)Nc1cccc2ccccc12)c1ccccc1. The van der Waals surface area contributed by atoms with Gasteiger partial charge in [0.05, 0.1) is 11.6 Å². The van der Waals surface area contributed by atoms with Gasteiger partial charge in [-0.15, -0.1) is 11.3 Å². The molecule has 0 saturated heterocycles. The second-order valence-electron chi connectivity index (χ2n) is 7.61. The lowest BCUT2D eigenvalue weighted by Gasteiger charge is -2.20. The molecule has 2 N–H and O–H groups in total. The molecule has 0 saturated carbocycles. The number of fused-ring (bicyclic) bond motifs is 2. The number of nitrogens with zero attached hydrogens (tertiary/aromatic N) is 1. The first-order chi connectivity index (χ1) is 15.2. The molecule has 4 aromatic rings. The predicted molar refractivity (Wildman–Crippen MR) is 125 cm³/mol. The summed E-state index contributed by atoms with van der Waals surface area (Å²) in [5.74, 6) is -0.562. The summed E-state index contributed by atoms with van der Waals surface area (Å²) in [6.07, 6.45) is 2.56. The van der Waals surface area contributed by atoms with Gasteiger partial charge in [0.1, 0.15) is 0 Å². The fourth-order valence-electron chi connectivity index (χ4n) is 4.04. The zero-order valence-corrected chi connectivity index (χ0v) is 17.6. The fraction of sp³-hybridized carbons (Fsp3) is 0.160. The van der Waals surface area contributed by atoms with Crippen molar-refractivity contribution in [2.24, 2.45) is 0 Å². The summed E-state index contributed by atoms with van der Waals surface area (Å²) in [6, 6.07) is 23.0. The Morgan fingerprint density at radius 2 is 1.68 bits per heavy atom. The van der Waals surface area contributed by atoms with Crippen molar-refractivity contribution in [3.63, 3.8) is 0 Å². The van der Waals surface area contributed by atoms with Crippen LogP contribution < -0.4 is 10.6 Å². The van der Waals surface area contributed by atoms with Crippen molar-refractivity contribution < 1.29 is 9.59 Å². The number of aromatic nitrogens is 1. The number of hydrogen-bond donors (Lipinski definition) is 2. The summed E-state index contributed by atoms with van der Waals surface area (Å²) >= 11 is 1.47. The van der Waals surface area contributed by atoms with Crippen LogP contribution >= 0.6 is 11.3 Å². The highest BCUT2D eigenvalue weighted by molar-refractivity contribution is 7.16. The zero-order chi connectivity index (χ0) is 21.2. The Kier molecular flexibility index (Phi) is 5.22. The van der Waals surface area contributed by atoms with Crippen LogP contribution in [0.25, 0.3) is 10.8 Å². The Hall–Kier alpha value is -3.51. The second kappa shape index (κ2) is 8.32. The lowest BCUT2D eigenvalue weighted by molar-refractivity contribution is -0.117. The lowest BCUT2D eigenvalue weighted by Crippen LogP contribution is -2.24. The van der Waals surface area contributed by atoms with E-state index in [1.165, 1.54) is 11.3 Å². The van der Waals surface area contributed by atoms with Gasteiger partial charge in [-0.05, 0) is 42.8 Å². The molecule has 1 aromatic heterocycles. The average Bonchev–Trinajstić information content (AvgIpc) is 3.22. The number of anilines is 2. The molecule has 0 bridgehead atoms. The molecule has 1 atom stereocenters. The number of nitrogens with one attached hydrogen (secondary N) is 2. The van der Waals surface area contributed by atoms with Gasteiger partial charge in [-0.3, -0.25) is 14.9 Å². The molecular formula is C25H21N3O2S. The van der Waals surface area contributed by atoms with Gasteiger partial charge in [0.2, 0.25) is 5.91 Å². The lowest BCUT2D eigenvalue weighted by atomic mass is 9.90. The number of carbonyl (C=O) groups is 2. The molecule has 5 rings (SSSR count). The van der Waals surface area contributed by atoms with Gasteiger partial charge < -0.3 is 5.32 Å². The standard InChI is InChI=1S/C25H21N3O2S/c29-23(17-9-2-1-3-10-17)28-25-27-22-19(13-7-15-21(22)31-25)24(30)26-20-14-6-11-16-8-4-5-12-18(16)20/h1-6,8-12,14,19H,7,13,15H2,(H,26,30)(H,27,28,29). The van der Waals surface area contributed by atoms with Crippen molar-refractivity contribution in [1.29, 1.82) is 0 Å². The van der Waals surface area contributed by atoms with E-state index in [1.54, 1.807) is 12.1 Å². The first kappa shape index (κ1) is 19.5. The van der Waals surface area contributed by atoms with E-state index in [2.05, 4.69) is 15.6 Å². The third-order valence-corrected chi connectivity index (χ3v) is 6.62. The highest BCUT2D eigenvalue weighted by Gasteiger charge is 2.31. The van der Waals surface area contributed by atoms with E-state index in [4.69, 9.17) is 0 Å². The smallest absolute Gasteiger partial charge is 0.257 e. The summed E-state index contributed by atoms with van der Waals surface area (Å²) in [6.45, 7) is 0. The number of benzene rings is 3. The van der Waals surface area contributed by atoms with Gasteiger partial charge in [-0.25, -0.2) is 4.98 Å². The van der Waals surface area contributed by atoms with E-state index < -0.39 is 0 Å². The van der Waals surface area contributed by atoms with Crippen LogP contribution in [-0.2, 0) is 11.2 Å². The van der Waals surface area contributed by atoms with Crippen molar-refractivity contribution in [2.45, 2.75) is 25.2 Å². The van der Waals surface area contributed by atoms with Crippen LogP contribution in [0.1, 0.15) is 39.7 Å². The summed E-state index contributed by atoms with van der Waals surface area (Å²) in [4.78, 5) is 31.4. The first-order valence-electron chi connectivity index (χ1n) is 10.3. The fourth-order valence-corrected chi connectivity index (χ4v) is 5.10. The molecule has 0 spiro atoms. The molecule has 31 heavy (non-hydrogen) atoms. The summed E-state index contributed by atoms with van der Waals surface area (Å²) < 4.78 is 0. The molecule has 1 aliphatic carbocycles. The van der Waals surface area contributed by atoms with Crippen LogP contribution in [0, 0.1) is 0 Å². The highest BCUT2D eigenvalue weighted by atomic mass is 32.1. The number of thiazole rings is 1. The van der Waals surface area contributed by atoms with Crippen molar-refractivity contribution in [2.75, 3.05) is 10.6 Å². The molecule has 0 aliphatic heterocycles. The molecule has 1 unspecified atom stereocenters. The first-order valence-corrected chi connectivity index (χ1v) is 11.2. The maximum absolute atomic E-state index is 13.2.